The highest BCUT2D eigenvalue weighted by molar-refractivity contribution is 5.99. The predicted octanol–water partition coefficient (Wildman–Crippen LogP) is 2.19. The number of ether oxygens (including phenoxy) is 5. The first-order valence-corrected chi connectivity index (χ1v) is 9.65. The van der Waals surface area contributed by atoms with E-state index in [1.807, 2.05) is 0 Å². The summed E-state index contributed by atoms with van der Waals surface area (Å²) in [5.41, 5.74) is -0.675. The summed E-state index contributed by atoms with van der Waals surface area (Å²) in [6.07, 6.45) is -1.11. The fourth-order valence-electron chi connectivity index (χ4n) is 2.81. The number of hydrogen-bond acceptors (Lipinski definition) is 9. The number of hydrogen-bond donors (Lipinski definition) is 2. The monoisotopic (exact) mass is 450 g/mol. The molecule has 0 heterocycles. The molecule has 0 aliphatic heterocycles. The molecule has 11 nitrogen and oxygen atoms in total. The van der Waals surface area contributed by atoms with Crippen LogP contribution in [0.3, 0.4) is 0 Å². The van der Waals surface area contributed by atoms with Crippen molar-refractivity contribution < 1.29 is 38.5 Å². The van der Waals surface area contributed by atoms with Crippen LogP contribution < -0.4 is 29.0 Å². The number of aliphatic hydroxyl groups is 1. The smallest absolute Gasteiger partial charge is 0.286 e. The summed E-state index contributed by atoms with van der Waals surface area (Å²) < 4.78 is 26.5. The van der Waals surface area contributed by atoms with Crippen LogP contribution in [0.2, 0.25) is 0 Å². The van der Waals surface area contributed by atoms with E-state index in [2.05, 4.69) is 5.32 Å². The topological polar surface area (TPSA) is 139 Å². The van der Waals surface area contributed by atoms with Crippen molar-refractivity contribution in [2.45, 2.75) is 13.0 Å². The van der Waals surface area contributed by atoms with Crippen molar-refractivity contribution in [1.82, 2.24) is 5.32 Å². The number of amides is 1. The third kappa shape index (κ3) is 5.91. The summed E-state index contributed by atoms with van der Waals surface area (Å²) in [6.45, 7) is 1.60. The van der Waals surface area contributed by atoms with Crippen LogP contribution in [0.25, 0.3) is 0 Å². The van der Waals surface area contributed by atoms with Gasteiger partial charge in [-0.15, -0.1) is 0 Å². The maximum Gasteiger partial charge on any atom is 0.286 e. The van der Waals surface area contributed by atoms with Gasteiger partial charge >= 0.3 is 0 Å². The lowest BCUT2D eigenvalue weighted by Crippen LogP contribution is -2.35. The van der Waals surface area contributed by atoms with E-state index in [1.165, 1.54) is 27.4 Å². The Kier molecular flexibility index (Phi) is 8.90. The molecule has 32 heavy (non-hydrogen) atoms. The Balaban J connectivity index is 2.09. The molecule has 0 saturated heterocycles. The summed E-state index contributed by atoms with van der Waals surface area (Å²) in [7, 11) is 4.28. The Morgan fingerprint density at radius 1 is 1.06 bits per heavy atom. The van der Waals surface area contributed by atoms with Gasteiger partial charge in [-0.2, -0.15) is 0 Å². The maximum atomic E-state index is 12.6. The molecule has 1 atom stereocenters. The SMILES string of the molecule is CCOc1cc(C(=O)NCC(O)COc2c(OC)cccc2OC)c([N+](=O)[O-])cc1OC. The molecule has 0 aromatic heterocycles. The Hall–Kier alpha value is -3.73. The summed E-state index contributed by atoms with van der Waals surface area (Å²) in [6, 6.07) is 7.42. The van der Waals surface area contributed by atoms with Gasteiger partial charge in [-0.25, -0.2) is 0 Å². The van der Waals surface area contributed by atoms with Crippen molar-refractivity contribution >= 4 is 11.6 Å². The third-order valence-electron chi connectivity index (χ3n) is 4.32. The van der Waals surface area contributed by atoms with Gasteiger partial charge in [0.2, 0.25) is 5.75 Å². The lowest BCUT2D eigenvalue weighted by molar-refractivity contribution is -0.385. The second-order valence-electron chi connectivity index (χ2n) is 6.38. The second-order valence-corrected chi connectivity index (χ2v) is 6.38. The quantitative estimate of drug-likeness (QED) is 0.368. The average molecular weight is 450 g/mol. The average Bonchev–Trinajstić information content (AvgIpc) is 2.80. The zero-order chi connectivity index (χ0) is 23.7. The van der Waals surface area contributed by atoms with Gasteiger partial charge < -0.3 is 34.1 Å². The number of aliphatic hydroxyl groups excluding tert-OH is 1. The Morgan fingerprint density at radius 3 is 2.22 bits per heavy atom. The van der Waals surface area contributed by atoms with E-state index >= 15 is 0 Å². The highest BCUT2D eigenvalue weighted by Gasteiger charge is 2.25. The van der Waals surface area contributed by atoms with Crippen molar-refractivity contribution in [3.8, 4) is 28.7 Å². The molecule has 2 aromatic carbocycles. The summed E-state index contributed by atoms with van der Waals surface area (Å²) in [5, 5.41) is 24.1. The number of benzene rings is 2. The van der Waals surface area contributed by atoms with Crippen molar-refractivity contribution in [1.29, 1.82) is 0 Å². The van der Waals surface area contributed by atoms with Gasteiger partial charge in [0.25, 0.3) is 11.6 Å². The standard InChI is InChI=1S/C21H26N2O9/c1-5-31-19-9-14(15(23(26)27)10-18(19)30-4)21(25)22-11-13(24)12-32-20-16(28-2)7-6-8-17(20)29-3/h6-10,13,24H,5,11-12H2,1-4H3,(H,22,25). The van der Waals surface area contributed by atoms with Crippen molar-refractivity contribution in [3.63, 3.8) is 0 Å². The van der Waals surface area contributed by atoms with Crippen LogP contribution in [0.5, 0.6) is 28.7 Å². The largest absolute Gasteiger partial charge is 0.493 e. The number of nitrogens with zero attached hydrogens (tertiary/aromatic N) is 1. The van der Waals surface area contributed by atoms with E-state index in [4.69, 9.17) is 23.7 Å². The Bertz CT molecular complexity index is 927. The number of para-hydroxylation sites is 1. The molecule has 0 spiro atoms. The Morgan fingerprint density at radius 2 is 1.69 bits per heavy atom. The van der Waals surface area contributed by atoms with Gasteiger partial charge in [-0.05, 0) is 19.1 Å². The van der Waals surface area contributed by atoms with E-state index < -0.39 is 22.6 Å². The van der Waals surface area contributed by atoms with Gasteiger partial charge in [-0.3, -0.25) is 14.9 Å². The van der Waals surface area contributed by atoms with Crippen LogP contribution in [0.1, 0.15) is 17.3 Å². The van der Waals surface area contributed by atoms with Crippen LogP contribution in [-0.2, 0) is 0 Å². The van der Waals surface area contributed by atoms with Gasteiger partial charge in [0.1, 0.15) is 18.3 Å². The number of nitro groups is 1. The van der Waals surface area contributed by atoms with Gasteiger partial charge in [0.05, 0.1) is 38.9 Å². The number of carbonyl (C=O) groups excluding carboxylic acids is 1. The van der Waals surface area contributed by atoms with E-state index in [9.17, 15) is 20.0 Å². The number of carbonyl (C=O) groups is 1. The van der Waals surface area contributed by atoms with Crippen LogP contribution in [0.15, 0.2) is 30.3 Å². The summed E-state index contributed by atoms with van der Waals surface area (Å²) >= 11 is 0. The molecule has 1 unspecified atom stereocenters. The Labute approximate surface area is 184 Å². The van der Waals surface area contributed by atoms with Crippen LogP contribution in [0, 0.1) is 10.1 Å². The van der Waals surface area contributed by atoms with E-state index in [0.717, 1.165) is 6.07 Å². The summed E-state index contributed by atoms with van der Waals surface area (Å²) in [5.74, 6) is 0.701. The number of nitro benzene ring substituents is 1. The van der Waals surface area contributed by atoms with Crippen molar-refractivity contribution in [2.24, 2.45) is 0 Å². The van der Waals surface area contributed by atoms with Crippen LogP contribution in [-0.4, -0.2) is 63.1 Å². The maximum absolute atomic E-state index is 12.6. The lowest BCUT2D eigenvalue weighted by atomic mass is 10.1. The third-order valence-corrected chi connectivity index (χ3v) is 4.32. The summed E-state index contributed by atoms with van der Waals surface area (Å²) in [4.78, 5) is 23.3. The minimum atomic E-state index is -1.11. The molecule has 0 aliphatic carbocycles. The molecule has 0 aliphatic rings. The predicted molar refractivity (Wildman–Crippen MR) is 114 cm³/mol. The minimum absolute atomic E-state index is 0.134. The highest BCUT2D eigenvalue weighted by atomic mass is 16.6. The van der Waals surface area contributed by atoms with Gasteiger partial charge in [-0.1, -0.05) is 6.07 Å². The van der Waals surface area contributed by atoms with E-state index in [1.54, 1.807) is 25.1 Å². The number of methoxy groups -OCH3 is 3. The van der Waals surface area contributed by atoms with Crippen molar-refractivity contribution in [3.05, 3.63) is 46.0 Å². The molecule has 174 valence electrons. The number of rotatable bonds is 12. The molecular formula is C21H26N2O9. The molecule has 0 fully saturated rings. The molecule has 0 radical (unpaired) electrons. The van der Waals surface area contributed by atoms with Crippen molar-refractivity contribution in [2.75, 3.05) is 41.1 Å². The first-order valence-electron chi connectivity index (χ1n) is 9.65. The molecular weight excluding hydrogens is 424 g/mol. The van der Waals surface area contributed by atoms with Gasteiger partial charge in [0.15, 0.2) is 23.0 Å². The molecule has 0 bridgehead atoms. The fraction of sp³-hybridized carbons (Fsp3) is 0.381. The normalized spacial score (nSPS) is 11.3. The molecule has 2 aromatic rings. The first kappa shape index (κ1) is 24.5. The van der Waals surface area contributed by atoms with Crippen LogP contribution in [0.4, 0.5) is 5.69 Å². The zero-order valence-electron chi connectivity index (χ0n) is 18.2. The zero-order valence-corrected chi connectivity index (χ0v) is 18.2. The molecule has 2 rings (SSSR count). The van der Waals surface area contributed by atoms with Gasteiger partial charge in [0, 0.05) is 12.6 Å². The minimum Gasteiger partial charge on any atom is -0.493 e. The molecule has 1 amide bonds. The van der Waals surface area contributed by atoms with Crippen LogP contribution >= 0.6 is 0 Å². The first-order chi connectivity index (χ1) is 15.4. The molecule has 0 saturated carbocycles. The van der Waals surface area contributed by atoms with E-state index in [-0.39, 0.29) is 36.8 Å². The fourth-order valence-corrected chi connectivity index (χ4v) is 2.81. The lowest BCUT2D eigenvalue weighted by Gasteiger charge is -2.17. The number of nitrogens with one attached hydrogen (secondary N) is 1. The second kappa shape index (κ2) is 11.6. The van der Waals surface area contributed by atoms with E-state index in [0.29, 0.717) is 17.2 Å². The molecule has 11 heteroatoms. The molecule has 2 N–H and O–H groups in total. The highest BCUT2D eigenvalue weighted by Crippen LogP contribution is 2.37.